The summed E-state index contributed by atoms with van der Waals surface area (Å²) in [5.74, 6) is 0.593. The molecule has 1 fully saturated rings. The first-order chi connectivity index (χ1) is 15.8. The van der Waals surface area contributed by atoms with Crippen LogP contribution < -0.4 is 5.32 Å². The number of aryl methyl sites for hydroxylation is 2. The molecule has 0 aliphatic carbocycles. The van der Waals surface area contributed by atoms with E-state index in [1.165, 1.54) is 11.1 Å². The Labute approximate surface area is 196 Å². The van der Waals surface area contributed by atoms with Crippen molar-refractivity contribution < 1.29 is 13.2 Å². The number of piperidine rings is 1. The molecule has 0 unspecified atom stereocenters. The molecule has 0 atom stereocenters. The Morgan fingerprint density at radius 2 is 1.79 bits per heavy atom. The predicted octanol–water partition coefficient (Wildman–Crippen LogP) is 4.12. The third-order valence-electron chi connectivity index (χ3n) is 6.56. The van der Waals surface area contributed by atoms with Crippen molar-refractivity contribution in [2.24, 2.45) is 5.92 Å². The monoisotopic (exact) mass is 467 g/mol. The smallest absolute Gasteiger partial charge is 0.243 e. The van der Waals surface area contributed by atoms with Gasteiger partial charge in [0.25, 0.3) is 0 Å². The molecule has 33 heavy (non-hydrogen) atoms. The third kappa shape index (κ3) is 5.65. The molecule has 0 radical (unpaired) electrons. The molecule has 1 aromatic heterocycles. The molecule has 3 aromatic rings. The highest BCUT2D eigenvalue weighted by atomic mass is 32.2. The van der Waals surface area contributed by atoms with Crippen LogP contribution in [0.3, 0.4) is 0 Å². The van der Waals surface area contributed by atoms with E-state index in [0.717, 1.165) is 30.2 Å². The van der Waals surface area contributed by atoms with Crippen molar-refractivity contribution in [3.05, 3.63) is 65.9 Å². The van der Waals surface area contributed by atoms with Gasteiger partial charge in [-0.1, -0.05) is 36.8 Å². The number of rotatable bonds is 8. The molecule has 2 heterocycles. The Bertz CT molecular complexity index is 1210. The second-order valence-corrected chi connectivity index (χ2v) is 11.1. The number of carbonyl (C=O) groups is 1. The summed E-state index contributed by atoms with van der Waals surface area (Å²) in [5, 5.41) is 3.86. The van der Waals surface area contributed by atoms with Gasteiger partial charge in [0.15, 0.2) is 0 Å². The van der Waals surface area contributed by atoms with E-state index in [1.807, 2.05) is 22.9 Å². The summed E-state index contributed by atoms with van der Waals surface area (Å²) in [7, 11) is -3.47. The number of amides is 1. The number of benzene rings is 2. The number of carbonyl (C=O) groups excluding carboxylic acids is 1. The highest BCUT2D eigenvalue weighted by Gasteiger charge is 2.28. The summed E-state index contributed by atoms with van der Waals surface area (Å²) in [4.78, 5) is 12.6. The van der Waals surface area contributed by atoms with E-state index in [0.29, 0.717) is 43.4 Å². The molecule has 0 saturated carbocycles. The van der Waals surface area contributed by atoms with Crippen LogP contribution in [0.25, 0.3) is 10.9 Å². The van der Waals surface area contributed by atoms with Crippen LogP contribution in [0, 0.1) is 12.8 Å². The van der Waals surface area contributed by atoms with E-state index in [1.54, 1.807) is 16.4 Å². The zero-order valence-corrected chi connectivity index (χ0v) is 20.3. The van der Waals surface area contributed by atoms with Gasteiger partial charge in [0.05, 0.1) is 4.90 Å². The molecule has 6 nitrogen and oxygen atoms in total. The molecule has 1 saturated heterocycles. The molecule has 176 valence electrons. The topological polar surface area (TPSA) is 71.4 Å². The number of fused-ring (bicyclic) bond motifs is 1. The van der Waals surface area contributed by atoms with Crippen molar-refractivity contribution in [3.63, 3.8) is 0 Å². The normalized spacial score (nSPS) is 15.7. The Morgan fingerprint density at radius 1 is 1.06 bits per heavy atom. The van der Waals surface area contributed by atoms with E-state index >= 15 is 0 Å². The van der Waals surface area contributed by atoms with Crippen LogP contribution in [0.2, 0.25) is 0 Å². The van der Waals surface area contributed by atoms with Crippen LogP contribution in [-0.4, -0.2) is 42.8 Å². The van der Waals surface area contributed by atoms with E-state index in [2.05, 4.69) is 43.4 Å². The molecule has 0 spiro atoms. The molecule has 1 aliphatic heterocycles. The number of nitrogens with zero attached hydrogens (tertiary/aromatic N) is 2. The fraction of sp³-hybridized carbons (Fsp3) is 0.423. The number of aromatic nitrogens is 1. The minimum Gasteiger partial charge on any atom is -0.356 e. The summed E-state index contributed by atoms with van der Waals surface area (Å²) in [6.07, 6.45) is 4.93. The predicted molar refractivity (Wildman–Crippen MR) is 132 cm³/mol. The zero-order chi connectivity index (χ0) is 23.4. The van der Waals surface area contributed by atoms with Gasteiger partial charge in [0, 0.05) is 49.7 Å². The van der Waals surface area contributed by atoms with Gasteiger partial charge in [-0.25, -0.2) is 8.42 Å². The summed E-state index contributed by atoms with van der Waals surface area (Å²) in [5.41, 5.74) is 3.38. The van der Waals surface area contributed by atoms with Crippen LogP contribution in [0.4, 0.5) is 0 Å². The lowest BCUT2D eigenvalue weighted by atomic mass is 10.0. The maximum Gasteiger partial charge on any atom is 0.243 e. The Hall–Kier alpha value is -2.64. The van der Waals surface area contributed by atoms with Gasteiger partial charge >= 0.3 is 0 Å². The number of hydrogen-bond acceptors (Lipinski definition) is 3. The molecule has 2 aromatic carbocycles. The summed E-state index contributed by atoms with van der Waals surface area (Å²) in [6, 6.07) is 15.6. The van der Waals surface area contributed by atoms with Gasteiger partial charge in [-0.2, -0.15) is 4.31 Å². The lowest BCUT2D eigenvalue weighted by Gasteiger charge is -2.29. The van der Waals surface area contributed by atoms with Crippen LogP contribution >= 0.6 is 0 Å². The molecule has 0 bridgehead atoms. The van der Waals surface area contributed by atoms with Crippen molar-refractivity contribution in [1.29, 1.82) is 0 Å². The number of sulfonamides is 1. The van der Waals surface area contributed by atoms with Crippen molar-refractivity contribution in [1.82, 2.24) is 14.2 Å². The quantitative estimate of drug-likeness (QED) is 0.542. The van der Waals surface area contributed by atoms with Gasteiger partial charge in [-0.15, -0.1) is 0 Å². The minimum absolute atomic E-state index is 0.0162. The molecule has 1 amide bonds. The van der Waals surface area contributed by atoms with Crippen LogP contribution in [0.15, 0.2) is 59.6 Å². The van der Waals surface area contributed by atoms with Gasteiger partial charge in [-0.3, -0.25) is 4.79 Å². The van der Waals surface area contributed by atoms with Crippen molar-refractivity contribution >= 4 is 26.8 Å². The minimum atomic E-state index is -3.47. The molecular weight excluding hydrogens is 434 g/mol. The average molecular weight is 468 g/mol. The fourth-order valence-electron chi connectivity index (χ4n) is 4.32. The van der Waals surface area contributed by atoms with Crippen LogP contribution in [0.1, 0.15) is 37.3 Å². The molecular formula is C26H33N3O3S. The van der Waals surface area contributed by atoms with Crippen molar-refractivity contribution in [3.8, 4) is 0 Å². The third-order valence-corrected chi connectivity index (χ3v) is 8.45. The highest BCUT2D eigenvalue weighted by molar-refractivity contribution is 7.89. The number of hydrogen-bond donors (Lipinski definition) is 1. The zero-order valence-electron chi connectivity index (χ0n) is 19.5. The Kier molecular flexibility index (Phi) is 7.20. The largest absolute Gasteiger partial charge is 0.356 e. The van der Waals surface area contributed by atoms with Crippen molar-refractivity contribution in [2.45, 2.75) is 51.0 Å². The van der Waals surface area contributed by atoms with E-state index in [9.17, 15) is 13.2 Å². The lowest BCUT2D eigenvalue weighted by Crippen LogP contribution is -2.37. The average Bonchev–Trinajstić information content (AvgIpc) is 3.21. The second-order valence-electron chi connectivity index (χ2n) is 9.15. The maximum atomic E-state index is 13.0. The lowest BCUT2D eigenvalue weighted by molar-refractivity contribution is -0.121. The van der Waals surface area contributed by atoms with Gasteiger partial charge in [0.2, 0.25) is 15.9 Å². The first-order valence-electron chi connectivity index (χ1n) is 11.7. The summed E-state index contributed by atoms with van der Waals surface area (Å²) < 4.78 is 29.7. The Balaban J connectivity index is 1.33. The molecule has 1 N–H and O–H groups in total. The van der Waals surface area contributed by atoms with E-state index in [4.69, 9.17) is 0 Å². The van der Waals surface area contributed by atoms with E-state index in [-0.39, 0.29) is 5.91 Å². The highest BCUT2D eigenvalue weighted by Crippen LogP contribution is 2.26. The first-order valence-corrected chi connectivity index (χ1v) is 13.2. The fourth-order valence-corrected chi connectivity index (χ4v) is 5.82. The van der Waals surface area contributed by atoms with Gasteiger partial charge in [0.1, 0.15) is 0 Å². The maximum absolute atomic E-state index is 13.0. The molecule has 4 rings (SSSR count). The summed E-state index contributed by atoms with van der Waals surface area (Å²) >= 11 is 0. The summed E-state index contributed by atoms with van der Waals surface area (Å²) in [6.45, 7) is 6.57. The van der Waals surface area contributed by atoms with Crippen LogP contribution in [-0.2, 0) is 27.8 Å². The molecule has 7 heteroatoms. The molecule has 1 aliphatic rings. The second kappa shape index (κ2) is 10.1. The van der Waals surface area contributed by atoms with E-state index < -0.39 is 10.0 Å². The van der Waals surface area contributed by atoms with Crippen LogP contribution in [0.5, 0.6) is 0 Å². The number of nitrogens with one attached hydrogen (secondary N) is 1. The first kappa shape index (κ1) is 23.5. The SMILES string of the molecule is Cc1ccc(CCNC(=O)CCn2ccc3cc(S(=O)(=O)N4CCC(C)CC4)ccc32)cc1. The Morgan fingerprint density at radius 3 is 2.52 bits per heavy atom. The van der Waals surface area contributed by atoms with Gasteiger partial charge < -0.3 is 9.88 Å². The van der Waals surface area contributed by atoms with Crippen molar-refractivity contribution in [2.75, 3.05) is 19.6 Å². The standard InChI is InChI=1S/C26H33N3O3S/c1-20-3-5-22(6-4-20)9-14-27-26(30)13-16-28-15-12-23-19-24(7-8-25(23)28)33(31,32)29-17-10-21(2)11-18-29/h3-8,12,15,19,21H,9-11,13-14,16-18H2,1-2H3,(H,27,30). The van der Waals surface area contributed by atoms with Gasteiger partial charge in [-0.05, 0) is 61.9 Å².